The Balaban J connectivity index is 2.30. The molecule has 0 aliphatic rings. The van der Waals surface area contributed by atoms with Crippen LogP contribution < -0.4 is 5.73 Å². The molecule has 0 bridgehead atoms. The molecule has 1 unspecified atom stereocenters. The van der Waals surface area contributed by atoms with Gasteiger partial charge < -0.3 is 5.73 Å². The summed E-state index contributed by atoms with van der Waals surface area (Å²) >= 11 is 11.7. The summed E-state index contributed by atoms with van der Waals surface area (Å²) in [5, 5.41) is 1.15. The van der Waals surface area contributed by atoms with Crippen LogP contribution in [0.4, 0.5) is 4.39 Å². The van der Waals surface area contributed by atoms with Crippen LogP contribution in [0.25, 0.3) is 0 Å². The summed E-state index contributed by atoms with van der Waals surface area (Å²) in [6.07, 6.45) is 0.362. The third-order valence-electron chi connectivity index (χ3n) is 3.07. The standard InChI is InChI=1S/C15H14Cl2FN/c1-15(19,11-2-4-12(16)5-3-11)9-10-8-13(17)6-7-14(10)18/h2-8H,9,19H2,1H3. The lowest BCUT2D eigenvalue weighted by atomic mass is 9.86. The van der Waals surface area contributed by atoms with Crippen molar-refractivity contribution in [3.8, 4) is 0 Å². The molecule has 2 N–H and O–H groups in total. The van der Waals surface area contributed by atoms with Crippen molar-refractivity contribution in [1.29, 1.82) is 0 Å². The summed E-state index contributed by atoms with van der Waals surface area (Å²) in [5.74, 6) is -0.296. The van der Waals surface area contributed by atoms with Gasteiger partial charge in [0.25, 0.3) is 0 Å². The molecular formula is C15H14Cl2FN. The Morgan fingerprint density at radius 3 is 2.26 bits per heavy atom. The van der Waals surface area contributed by atoms with E-state index in [1.165, 1.54) is 12.1 Å². The van der Waals surface area contributed by atoms with Gasteiger partial charge in [0.1, 0.15) is 5.82 Å². The van der Waals surface area contributed by atoms with E-state index in [0.29, 0.717) is 22.0 Å². The van der Waals surface area contributed by atoms with Crippen molar-refractivity contribution in [2.24, 2.45) is 5.73 Å². The molecule has 2 aromatic carbocycles. The molecule has 1 nitrogen and oxygen atoms in total. The Labute approximate surface area is 122 Å². The molecule has 100 valence electrons. The minimum Gasteiger partial charge on any atom is -0.321 e. The number of halogens is 3. The molecule has 0 amide bonds. The maximum atomic E-state index is 13.7. The van der Waals surface area contributed by atoms with Crippen LogP contribution in [-0.2, 0) is 12.0 Å². The van der Waals surface area contributed by atoms with E-state index in [9.17, 15) is 4.39 Å². The van der Waals surface area contributed by atoms with Crippen LogP contribution in [-0.4, -0.2) is 0 Å². The first-order valence-electron chi connectivity index (χ1n) is 5.87. The van der Waals surface area contributed by atoms with Gasteiger partial charge in [-0.2, -0.15) is 0 Å². The summed E-state index contributed by atoms with van der Waals surface area (Å²) in [6.45, 7) is 1.86. The number of hydrogen-bond acceptors (Lipinski definition) is 1. The zero-order valence-corrected chi connectivity index (χ0v) is 12.0. The van der Waals surface area contributed by atoms with Gasteiger partial charge in [0.05, 0.1) is 0 Å². The van der Waals surface area contributed by atoms with Crippen LogP contribution in [0, 0.1) is 5.82 Å². The number of hydrogen-bond donors (Lipinski definition) is 1. The van der Waals surface area contributed by atoms with Gasteiger partial charge in [-0.25, -0.2) is 4.39 Å². The van der Waals surface area contributed by atoms with Crippen LogP contribution in [0.5, 0.6) is 0 Å². The van der Waals surface area contributed by atoms with Gasteiger partial charge in [0.2, 0.25) is 0 Å². The summed E-state index contributed by atoms with van der Waals surface area (Å²) in [4.78, 5) is 0. The highest BCUT2D eigenvalue weighted by atomic mass is 35.5. The average molecular weight is 298 g/mol. The predicted octanol–water partition coefficient (Wildman–Crippen LogP) is 4.55. The van der Waals surface area contributed by atoms with Crippen molar-refractivity contribution in [3.63, 3.8) is 0 Å². The Morgan fingerprint density at radius 1 is 1.05 bits per heavy atom. The summed E-state index contributed by atoms with van der Waals surface area (Å²) in [5.41, 5.74) is 7.01. The fourth-order valence-electron chi connectivity index (χ4n) is 2.01. The van der Waals surface area contributed by atoms with Crippen molar-refractivity contribution in [2.45, 2.75) is 18.9 Å². The quantitative estimate of drug-likeness (QED) is 0.884. The molecule has 0 aliphatic heterocycles. The minimum atomic E-state index is -0.684. The minimum absolute atomic E-state index is 0.296. The van der Waals surface area contributed by atoms with E-state index < -0.39 is 5.54 Å². The Kier molecular flexibility index (Phi) is 4.14. The molecule has 2 aromatic rings. The van der Waals surface area contributed by atoms with Gasteiger partial charge in [0.15, 0.2) is 0 Å². The van der Waals surface area contributed by atoms with Gasteiger partial charge in [0, 0.05) is 15.6 Å². The molecular weight excluding hydrogens is 284 g/mol. The lowest BCUT2D eigenvalue weighted by molar-refractivity contribution is 0.475. The molecule has 0 radical (unpaired) electrons. The molecule has 2 rings (SSSR count). The SMILES string of the molecule is CC(N)(Cc1cc(Cl)ccc1F)c1ccc(Cl)cc1. The molecule has 0 spiro atoms. The van der Waals surface area contributed by atoms with Crippen LogP contribution in [0.3, 0.4) is 0 Å². The molecule has 0 aromatic heterocycles. The number of benzene rings is 2. The van der Waals surface area contributed by atoms with Crippen molar-refractivity contribution in [2.75, 3.05) is 0 Å². The Morgan fingerprint density at radius 2 is 1.63 bits per heavy atom. The fraction of sp³-hybridized carbons (Fsp3) is 0.200. The first-order valence-corrected chi connectivity index (χ1v) is 6.63. The number of nitrogens with two attached hydrogens (primary N) is 1. The van der Waals surface area contributed by atoms with Crippen molar-refractivity contribution in [3.05, 3.63) is 69.5 Å². The lowest BCUT2D eigenvalue weighted by Gasteiger charge is -2.26. The van der Waals surface area contributed by atoms with E-state index >= 15 is 0 Å². The van der Waals surface area contributed by atoms with E-state index in [1.54, 1.807) is 18.2 Å². The van der Waals surface area contributed by atoms with Gasteiger partial charge >= 0.3 is 0 Å². The van der Waals surface area contributed by atoms with Crippen LogP contribution in [0.15, 0.2) is 42.5 Å². The third kappa shape index (κ3) is 3.47. The molecule has 0 saturated heterocycles. The van der Waals surface area contributed by atoms with Crippen LogP contribution in [0.2, 0.25) is 10.0 Å². The third-order valence-corrected chi connectivity index (χ3v) is 3.56. The van der Waals surface area contributed by atoms with Crippen molar-refractivity contribution >= 4 is 23.2 Å². The van der Waals surface area contributed by atoms with E-state index in [2.05, 4.69) is 0 Å². The highest BCUT2D eigenvalue weighted by molar-refractivity contribution is 6.30. The molecule has 4 heteroatoms. The zero-order chi connectivity index (χ0) is 14.0. The molecule has 19 heavy (non-hydrogen) atoms. The van der Waals surface area contributed by atoms with E-state index in [-0.39, 0.29) is 5.82 Å². The van der Waals surface area contributed by atoms with Crippen LogP contribution >= 0.6 is 23.2 Å². The van der Waals surface area contributed by atoms with E-state index in [1.807, 2.05) is 19.1 Å². The maximum Gasteiger partial charge on any atom is 0.126 e. The molecule has 1 atom stereocenters. The average Bonchev–Trinajstić information content (AvgIpc) is 2.34. The van der Waals surface area contributed by atoms with Gasteiger partial charge in [-0.15, -0.1) is 0 Å². The molecule has 0 saturated carbocycles. The molecule has 0 aliphatic carbocycles. The Hall–Kier alpha value is -1.09. The normalized spacial score (nSPS) is 14.2. The van der Waals surface area contributed by atoms with Crippen molar-refractivity contribution < 1.29 is 4.39 Å². The first-order chi connectivity index (χ1) is 8.88. The Bertz CT molecular complexity index is 579. The highest BCUT2D eigenvalue weighted by Gasteiger charge is 2.23. The lowest BCUT2D eigenvalue weighted by Crippen LogP contribution is -2.35. The summed E-state index contributed by atoms with van der Waals surface area (Å²) in [6, 6.07) is 11.7. The zero-order valence-electron chi connectivity index (χ0n) is 10.5. The van der Waals surface area contributed by atoms with Gasteiger partial charge in [-0.1, -0.05) is 35.3 Å². The monoisotopic (exact) mass is 297 g/mol. The first kappa shape index (κ1) is 14.3. The van der Waals surface area contributed by atoms with Gasteiger partial charge in [-0.05, 0) is 54.8 Å². The summed E-state index contributed by atoms with van der Waals surface area (Å²) in [7, 11) is 0. The smallest absolute Gasteiger partial charge is 0.126 e. The van der Waals surface area contributed by atoms with Crippen LogP contribution in [0.1, 0.15) is 18.1 Å². The largest absolute Gasteiger partial charge is 0.321 e. The topological polar surface area (TPSA) is 26.0 Å². The fourth-order valence-corrected chi connectivity index (χ4v) is 2.33. The molecule has 0 fully saturated rings. The highest BCUT2D eigenvalue weighted by Crippen LogP contribution is 2.26. The second-order valence-corrected chi connectivity index (χ2v) is 5.71. The van der Waals surface area contributed by atoms with Gasteiger partial charge in [-0.3, -0.25) is 0 Å². The van der Waals surface area contributed by atoms with E-state index in [4.69, 9.17) is 28.9 Å². The summed E-state index contributed by atoms with van der Waals surface area (Å²) < 4.78 is 13.7. The molecule has 0 heterocycles. The second-order valence-electron chi connectivity index (χ2n) is 4.84. The van der Waals surface area contributed by atoms with E-state index in [0.717, 1.165) is 5.56 Å². The predicted molar refractivity (Wildman–Crippen MR) is 78.1 cm³/mol. The maximum absolute atomic E-state index is 13.7. The van der Waals surface area contributed by atoms with Crippen molar-refractivity contribution in [1.82, 2.24) is 0 Å². The number of rotatable bonds is 3. The second kappa shape index (κ2) is 5.49.